The molecule has 0 atom stereocenters. The quantitative estimate of drug-likeness (QED) is 0.644. The van der Waals surface area contributed by atoms with Crippen LogP contribution in [0.5, 0.6) is 0 Å². The first kappa shape index (κ1) is 11.1. The maximum absolute atomic E-state index is 10.8. The molecule has 2 aromatic rings. The summed E-state index contributed by atoms with van der Waals surface area (Å²) in [6, 6.07) is 9.54. The number of aryl methyl sites for hydroxylation is 1. The first-order valence-electron chi connectivity index (χ1n) is 5.11. The molecular weight excluding hydrogens is 220 g/mol. The average Bonchev–Trinajstić information content (AvgIpc) is 2.55. The van der Waals surface area contributed by atoms with Gasteiger partial charge in [-0.2, -0.15) is 5.10 Å². The number of nitrogens with zero attached hydrogens (tertiary/aromatic N) is 3. The maximum Gasteiger partial charge on any atom is 0.333 e. The monoisotopic (exact) mass is 232 g/mol. The van der Waals surface area contributed by atoms with Crippen molar-refractivity contribution in [2.24, 2.45) is 0 Å². The molecular formula is C11H12N4O2. The molecule has 0 saturated heterocycles. The van der Waals surface area contributed by atoms with E-state index in [0.29, 0.717) is 12.2 Å². The van der Waals surface area contributed by atoms with Crippen molar-refractivity contribution in [3.8, 4) is 0 Å². The van der Waals surface area contributed by atoms with Crippen molar-refractivity contribution in [1.82, 2.24) is 9.78 Å². The van der Waals surface area contributed by atoms with Crippen LogP contribution in [0.1, 0.15) is 11.3 Å². The smallest absolute Gasteiger partial charge is 0.333 e. The molecule has 0 amide bonds. The van der Waals surface area contributed by atoms with E-state index >= 15 is 0 Å². The Labute approximate surface area is 97.8 Å². The van der Waals surface area contributed by atoms with Gasteiger partial charge in [-0.15, -0.1) is 0 Å². The molecule has 2 N–H and O–H groups in total. The molecule has 1 aromatic carbocycles. The second-order valence-electron chi connectivity index (χ2n) is 3.72. The second kappa shape index (κ2) is 4.25. The normalized spacial score (nSPS) is 10.4. The molecule has 88 valence electrons. The molecule has 2 rings (SSSR count). The Morgan fingerprint density at radius 1 is 1.41 bits per heavy atom. The summed E-state index contributed by atoms with van der Waals surface area (Å²) in [7, 11) is 0. The van der Waals surface area contributed by atoms with Gasteiger partial charge in [0.05, 0.1) is 11.5 Å². The third-order valence-corrected chi connectivity index (χ3v) is 2.49. The van der Waals surface area contributed by atoms with E-state index in [1.807, 2.05) is 30.3 Å². The zero-order valence-electron chi connectivity index (χ0n) is 9.33. The van der Waals surface area contributed by atoms with E-state index in [9.17, 15) is 10.1 Å². The summed E-state index contributed by atoms with van der Waals surface area (Å²) >= 11 is 0. The minimum Gasteiger partial charge on any atom is -0.378 e. The Balaban J connectivity index is 2.35. The zero-order chi connectivity index (χ0) is 12.4. The lowest BCUT2D eigenvalue weighted by atomic mass is 10.2. The molecule has 0 fully saturated rings. The van der Waals surface area contributed by atoms with Gasteiger partial charge >= 0.3 is 5.69 Å². The second-order valence-corrected chi connectivity index (χ2v) is 3.72. The van der Waals surface area contributed by atoms with Crippen LogP contribution in [0, 0.1) is 17.0 Å². The van der Waals surface area contributed by atoms with E-state index in [2.05, 4.69) is 5.10 Å². The number of hydrogen-bond donors (Lipinski definition) is 1. The van der Waals surface area contributed by atoms with Gasteiger partial charge in [-0.05, 0) is 12.5 Å². The van der Waals surface area contributed by atoms with E-state index in [1.165, 1.54) is 4.68 Å². The lowest BCUT2D eigenvalue weighted by Gasteiger charge is -2.02. The molecule has 1 heterocycles. The van der Waals surface area contributed by atoms with Gasteiger partial charge in [-0.3, -0.25) is 10.1 Å². The Morgan fingerprint density at radius 3 is 2.59 bits per heavy atom. The maximum atomic E-state index is 10.8. The first-order chi connectivity index (χ1) is 8.09. The van der Waals surface area contributed by atoms with Crippen LogP contribution in [0.4, 0.5) is 11.5 Å². The van der Waals surface area contributed by atoms with Gasteiger partial charge in [-0.25, -0.2) is 4.68 Å². The Hall–Kier alpha value is -2.37. The van der Waals surface area contributed by atoms with Crippen molar-refractivity contribution >= 4 is 11.5 Å². The fraction of sp³-hybridized carbons (Fsp3) is 0.182. The lowest BCUT2D eigenvalue weighted by molar-refractivity contribution is -0.384. The van der Waals surface area contributed by atoms with Crippen LogP contribution < -0.4 is 5.73 Å². The summed E-state index contributed by atoms with van der Waals surface area (Å²) in [5.74, 6) is 0.0938. The van der Waals surface area contributed by atoms with Crippen molar-refractivity contribution < 1.29 is 4.92 Å². The Kier molecular flexibility index (Phi) is 2.78. The van der Waals surface area contributed by atoms with Crippen LogP contribution in [0.25, 0.3) is 0 Å². The summed E-state index contributed by atoms with van der Waals surface area (Å²) in [4.78, 5) is 10.3. The molecule has 1 aromatic heterocycles. The highest BCUT2D eigenvalue weighted by Crippen LogP contribution is 2.25. The fourth-order valence-electron chi connectivity index (χ4n) is 1.69. The van der Waals surface area contributed by atoms with Crippen molar-refractivity contribution in [3.63, 3.8) is 0 Å². The van der Waals surface area contributed by atoms with Gasteiger partial charge in [0, 0.05) is 0 Å². The molecule has 0 saturated carbocycles. The first-order valence-corrected chi connectivity index (χ1v) is 5.11. The van der Waals surface area contributed by atoms with E-state index in [0.717, 1.165) is 5.56 Å². The molecule has 17 heavy (non-hydrogen) atoms. The molecule has 0 spiro atoms. The van der Waals surface area contributed by atoms with E-state index in [-0.39, 0.29) is 11.5 Å². The number of nitro groups is 1. The zero-order valence-corrected chi connectivity index (χ0v) is 9.33. The number of hydrogen-bond acceptors (Lipinski definition) is 4. The highest BCUT2D eigenvalue weighted by Gasteiger charge is 2.22. The molecule has 0 unspecified atom stereocenters. The lowest BCUT2D eigenvalue weighted by Crippen LogP contribution is -2.06. The van der Waals surface area contributed by atoms with Crippen molar-refractivity contribution in [2.75, 3.05) is 5.73 Å². The van der Waals surface area contributed by atoms with Gasteiger partial charge < -0.3 is 5.73 Å². The van der Waals surface area contributed by atoms with E-state index in [4.69, 9.17) is 5.73 Å². The topological polar surface area (TPSA) is 87.0 Å². The van der Waals surface area contributed by atoms with Crippen molar-refractivity contribution in [3.05, 3.63) is 51.7 Å². The number of rotatable bonds is 3. The minimum atomic E-state index is -0.501. The summed E-state index contributed by atoms with van der Waals surface area (Å²) < 4.78 is 1.45. The Bertz CT molecular complexity index is 548. The fourth-order valence-corrected chi connectivity index (χ4v) is 1.69. The van der Waals surface area contributed by atoms with Gasteiger partial charge in [0.25, 0.3) is 0 Å². The number of aromatic nitrogens is 2. The number of benzene rings is 1. The highest BCUT2D eigenvalue weighted by molar-refractivity contribution is 5.56. The molecule has 6 heteroatoms. The SMILES string of the molecule is Cc1nn(Cc2ccccc2)c(N)c1[N+](=O)[O-]. The van der Waals surface area contributed by atoms with Gasteiger partial charge in [-0.1, -0.05) is 30.3 Å². The van der Waals surface area contributed by atoms with Crippen LogP contribution in [0.15, 0.2) is 30.3 Å². The number of anilines is 1. The molecule has 6 nitrogen and oxygen atoms in total. The highest BCUT2D eigenvalue weighted by atomic mass is 16.6. The van der Waals surface area contributed by atoms with Crippen LogP contribution in [0.2, 0.25) is 0 Å². The van der Waals surface area contributed by atoms with E-state index < -0.39 is 4.92 Å². The number of nitrogens with two attached hydrogens (primary N) is 1. The minimum absolute atomic E-state index is 0.0938. The summed E-state index contributed by atoms with van der Waals surface area (Å²) in [5, 5.41) is 14.9. The summed E-state index contributed by atoms with van der Waals surface area (Å²) in [5.41, 5.74) is 6.93. The average molecular weight is 232 g/mol. The predicted octanol–water partition coefficient (Wildman–Crippen LogP) is 1.73. The third kappa shape index (κ3) is 2.10. The van der Waals surface area contributed by atoms with Crippen LogP contribution >= 0.6 is 0 Å². The summed E-state index contributed by atoms with van der Waals surface area (Å²) in [6.45, 7) is 2.01. The Morgan fingerprint density at radius 2 is 2.06 bits per heavy atom. The standard InChI is InChI=1S/C11H12N4O2/c1-8-10(15(16)17)11(12)14(13-8)7-9-5-3-2-4-6-9/h2-6H,7,12H2,1H3. The van der Waals surface area contributed by atoms with Crippen LogP contribution in [-0.4, -0.2) is 14.7 Å². The third-order valence-electron chi connectivity index (χ3n) is 2.49. The van der Waals surface area contributed by atoms with Gasteiger partial charge in [0.2, 0.25) is 5.82 Å². The molecule has 0 aliphatic heterocycles. The number of nitrogen functional groups attached to an aromatic ring is 1. The molecule has 0 bridgehead atoms. The van der Waals surface area contributed by atoms with Gasteiger partial charge in [0.15, 0.2) is 0 Å². The van der Waals surface area contributed by atoms with Crippen LogP contribution in [0.3, 0.4) is 0 Å². The van der Waals surface area contributed by atoms with Gasteiger partial charge in [0.1, 0.15) is 5.69 Å². The summed E-state index contributed by atoms with van der Waals surface area (Å²) in [6.07, 6.45) is 0. The van der Waals surface area contributed by atoms with Crippen LogP contribution in [-0.2, 0) is 6.54 Å². The molecule has 0 radical (unpaired) electrons. The van der Waals surface area contributed by atoms with Crippen molar-refractivity contribution in [2.45, 2.75) is 13.5 Å². The van der Waals surface area contributed by atoms with Crippen molar-refractivity contribution in [1.29, 1.82) is 0 Å². The van der Waals surface area contributed by atoms with E-state index in [1.54, 1.807) is 6.92 Å². The predicted molar refractivity (Wildman–Crippen MR) is 63.6 cm³/mol. The molecule has 0 aliphatic carbocycles. The largest absolute Gasteiger partial charge is 0.378 e. The molecule has 0 aliphatic rings.